The summed E-state index contributed by atoms with van der Waals surface area (Å²) in [6.07, 6.45) is 5.03. The van der Waals surface area contributed by atoms with Crippen molar-refractivity contribution < 1.29 is 9.47 Å². The van der Waals surface area contributed by atoms with Crippen LogP contribution in [0, 0.1) is 0 Å². The van der Waals surface area contributed by atoms with Gasteiger partial charge in [0.2, 0.25) is 0 Å². The molecule has 0 aromatic heterocycles. The van der Waals surface area contributed by atoms with Gasteiger partial charge in [-0.05, 0) is 43.9 Å². The third-order valence-electron chi connectivity index (χ3n) is 4.05. The minimum absolute atomic E-state index is 0. The first kappa shape index (κ1) is 23.0. The van der Waals surface area contributed by atoms with Crippen molar-refractivity contribution in [2.75, 3.05) is 40.0 Å². The number of halogens is 2. The first-order valence-corrected chi connectivity index (χ1v) is 9.21. The summed E-state index contributed by atoms with van der Waals surface area (Å²) >= 11 is 6.28. The molecule has 0 atom stereocenters. The van der Waals surface area contributed by atoms with Gasteiger partial charge in [0.15, 0.2) is 5.96 Å². The highest BCUT2D eigenvalue weighted by Crippen LogP contribution is 2.22. The van der Waals surface area contributed by atoms with Crippen molar-refractivity contribution in [1.82, 2.24) is 10.6 Å². The normalized spacial score (nSPS) is 14.3. The molecular weight excluding hydrogens is 465 g/mol. The predicted molar refractivity (Wildman–Crippen MR) is 119 cm³/mol. The molecule has 0 bridgehead atoms. The molecule has 26 heavy (non-hydrogen) atoms. The second-order valence-electron chi connectivity index (χ2n) is 5.83. The molecule has 2 N–H and O–H groups in total. The lowest BCUT2D eigenvalue weighted by Crippen LogP contribution is -2.38. The standard InChI is InChI=1S/C19H28ClN3O2.HI/c1-3-21-19(22-10-6-15-8-12-25-13-9-15)23-11-7-16-4-5-17(24-2)14-18(16)20;/h4-5,8,14H,3,6-7,9-13H2,1-2H3,(H2,21,22,23);1H. The Morgan fingerprint density at radius 2 is 2.15 bits per heavy atom. The zero-order chi connectivity index (χ0) is 17.9. The monoisotopic (exact) mass is 493 g/mol. The molecule has 1 aliphatic rings. The van der Waals surface area contributed by atoms with Crippen LogP contribution in [0.25, 0.3) is 0 Å². The van der Waals surface area contributed by atoms with Crippen molar-refractivity contribution >= 4 is 41.5 Å². The lowest BCUT2D eigenvalue weighted by molar-refractivity contribution is 0.153. The average Bonchev–Trinajstić information content (AvgIpc) is 2.64. The molecule has 0 fully saturated rings. The smallest absolute Gasteiger partial charge is 0.191 e. The largest absolute Gasteiger partial charge is 0.497 e. The number of methoxy groups -OCH3 is 1. The highest BCUT2D eigenvalue weighted by atomic mass is 127. The highest BCUT2D eigenvalue weighted by Gasteiger charge is 2.05. The van der Waals surface area contributed by atoms with Gasteiger partial charge in [-0.2, -0.15) is 0 Å². The first-order chi connectivity index (χ1) is 12.2. The number of aliphatic imine (C=N–C) groups is 1. The van der Waals surface area contributed by atoms with Crippen LogP contribution in [0.5, 0.6) is 5.75 Å². The molecule has 0 radical (unpaired) electrons. The number of benzene rings is 1. The number of rotatable bonds is 8. The second kappa shape index (κ2) is 13.2. The fourth-order valence-corrected chi connectivity index (χ4v) is 2.89. The average molecular weight is 494 g/mol. The zero-order valence-electron chi connectivity index (χ0n) is 15.5. The number of guanidine groups is 1. The summed E-state index contributed by atoms with van der Waals surface area (Å²) in [5, 5.41) is 7.39. The lowest BCUT2D eigenvalue weighted by Gasteiger charge is -2.15. The van der Waals surface area contributed by atoms with Crippen LogP contribution >= 0.6 is 35.6 Å². The number of ether oxygens (including phenoxy) is 2. The van der Waals surface area contributed by atoms with Gasteiger partial charge in [0.1, 0.15) is 5.75 Å². The SMILES string of the molecule is CCNC(=NCCc1ccc(OC)cc1Cl)NCCC1=CCOCC1.I. The van der Waals surface area contributed by atoms with Gasteiger partial charge < -0.3 is 20.1 Å². The molecule has 1 aromatic rings. The fraction of sp³-hybridized carbons (Fsp3) is 0.526. The van der Waals surface area contributed by atoms with Crippen molar-refractivity contribution in [2.45, 2.75) is 26.2 Å². The van der Waals surface area contributed by atoms with E-state index in [-0.39, 0.29) is 24.0 Å². The maximum Gasteiger partial charge on any atom is 0.191 e. The van der Waals surface area contributed by atoms with E-state index >= 15 is 0 Å². The van der Waals surface area contributed by atoms with Crippen molar-refractivity contribution in [3.05, 3.63) is 40.4 Å². The summed E-state index contributed by atoms with van der Waals surface area (Å²) in [5.74, 6) is 1.62. The van der Waals surface area contributed by atoms with Gasteiger partial charge in [0, 0.05) is 24.7 Å². The first-order valence-electron chi connectivity index (χ1n) is 8.83. The van der Waals surface area contributed by atoms with E-state index in [0.717, 1.165) is 67.9 Å². The maximum absolute atomic E-state index is 6.28. The van der Waals surface area contributed by atoms with E-state index in [0.29, 0.717) is 6.54 Å². The van der Waals surface area contributed by atoms with E-state index in [2.05, 4.69) is 28.6 Å². The Bertz CT molecular complexity index is 608. The molecule has 0 unspecified atom stereocenters. The topological polar surface area (TPSA) is 54.9 Å². The summed E-state index contributed by atoms with van der Waals surface area (Å²) in [7, 11) is 1.64. The van der Waals surface area contributed by atoms with Crippen molar-refractivity contribution in [3.63, 3.8) is 0 Å². The number of nitrogens with zero attached hydrogens (tertiary/aromatic N) is 1. The summed E-state index contributed by atoms with van der Waals surface area (Å²) < 4.78 is 10.5. The van der Waals surface area contributed by atoms with E-state index in [4.69, 9.17) is 21.1 Å². The van der Waals surface area contributed by atoms with Gasteiger partial charge >= 0.3 is 0 Å². The minimum Gasteiger partial charge on any atom is -0.497 e. The molecule has 1 aromatic carbocycles. The lowest BCUT2D eigenvalue weighted by atomic mass is 10.1. The van der Waals surface area contributed by atoms with Crippen molar-refractivity contribution in [3.8, 4) is 5.75 Å². The van der Waals surface area contributed by atoms with Crippen LogP contribution in [0.1, 0.15) is 25.3 Å². The number of hydrogen-bond acceptors (Lipinski definition) is 3. The van der Waals surface area contributed by atoms with Crippen LogP contribution in [0.15, 0.2) is 34.8 Å². The van der Waals surface area contributed by atoms with Crippen molar-refractivity contribution in [2.24, 2.45) is 4.99 Å². The third-order valence-corrected chi connectivity index (χ3v) is 4.40. The van der Waals surface area contributed by atoms with Gasteiger partial charge in [-0.3, -0.25) is 4.99 Å². The summed E-state index contributed by atoms with van der Waals surface area (Å²) in [6, 6.07) is 5.76. The van der Waals surface area contributed by atoms with E-state index in [1.807, 2.05) is 18.2 Å². The zero-order valence-corrected chi connectivity index (χ0v) is 18.6. The van der Waals surface area contributed by atoms with Crippen LogP contribution in [0.3, 0.4) is 0 Å². The quantitative estimate of drug-likeness (QED) is 0.250. The Morgan fingerprint density at radius 3 is 2.81 bits per heavy atom. The minimum atomic E-state index is 0. The van der Waals surface area contributed by atoms with Gasteiger partial charge in [-0.25, -0.2) is 0 Å². The maximum atomic E-state index is 6.28. The van der Waals surface area contributed by atoms with Gasteiger partial charge in [-0.15, -0.1) is 24.0 Å². The molecule has 0 saturated carbocycles. The molecule has 1 aliphatic heterocycles. The highest BCUT2D eigenvalue weighted by molar-refractivity contribution is 14.0. The molecule has 0 spiro atoms. The summed E-state index contributed by atoms with van der Waals surface area (Å²) in [6.45, 7) is 6.04. The molecule has 146 valence electrons. The van der Waals surface area contributed by atoms with E-state index in [9.17, 15) is 0 Å². The Labute approximate surface area is 178 Å². The van der Waals surface area contributed by atoms with Gasteiger partial charge in [-0.1, -0.05) is 29.3 Å². The van der Waals surface area contributed by atoms with E-state index < -0.39 is 0 Å². The van der Waals surface area contributed by atoms with Crippen LogP contribution in [0.4, 0.5) is 0 Å². The Kier molecular flexibility index (Phi) is 11.7. The Balaban J connectivity index is 0.00000338. The van der Waals surface area contributed by atoms with E-state index in [1.165, 1.54) is 5.57 Å². The molecule has 1 heterocycles. The van der Waals surface area contributed by atoms with Crippen LogP contribution in [-0.2, 0) is 11.2 Å². The van der Waals surface area contributed by atoms with Crippen LogP contribution < -0.4 is 15.4 Å². The van der Waals surface area contributed by atoms with Crippen molar-refractivity contribution in [1.29, 1.82) is 0 Å². The number of nitrogens with one attached hydrogen (secondary N) is 2. The van der Waals surface area contributed by atoms with Gasteiger partial charge in [0.05, 0.1) is 20.3 Å². The molecule has 0 saturated heterocycles. The predicted octanol–water partition coefficient (Wildman–Crippen LogP) is 3.80. The molecule has 7 heteroatoms. The molecule has 0 amide bonds. The van der Waals surface area contributed by atoms with E-state index in [1.54, 1.807) is 7.11 Å². The molecular formula is C19H29ClIN3O2. The molecule has 5 nitrogen and oxygen atoms in total. The Hall–Kier alpha value is -0.990. The third kappa shape index (κ3) is 8.14. The summed E-state index contributed by atoms with van der Waals surface area (Å²) in [5.41, 5.74) is 2.54. The van der Waals surface area contributed by atoms with Crippen LogP contribution in [-0.4, -0.2) is 45.9 Å². The Morgan fingerprint density at radius 1 is 1.31 bits per heavy atom. The second-order valence-corrected chi connectivity index (χ2v) is 6.24. The molecule has 2 rings (SSSR count). The molecule has 0 aliphatic carbocycles. The van der Waals surface area contributed by atoms with Crippen LogP contribution in [0.2, 0.25) is 5.02 Å². The van der Waals surface area contributed by atoms with Gasteiger partial charge in [0.25, 0.3) is 0 Å². The number of hydrogen-bond donors (Lipinski definition) is 2. The summed E-state index contributed by atoms with van der Waals surface area (Å²) in [4.78, 5) is 4.64. The fourth-order valence-electron chi connectivity index (χ4n) is 2.62.